The van der Waals surface area contributed by atoms with Crippen LogP contribution in [0.2, 0.25) is 0 Å². The number of aryl methyl sites for hydroxylation is 1. The third-order valence-electron chi connectivity index (χ3n) is 1.97. The smallest absolute Gasteiger partial charge is 0.253 e. The highest BCUT2D eigenvalue weighted by atomic mass is 16.1. The molecule has 0 fully saturated rings. The number of H-pyrrole nitrogens is 1. The number of carbonyl (C=O) groups is 1. The number of aromatic nitrogens is 5. The second-order valence-corrected chi connectivity index (χ2v) is 3.20. The minimum absolute atomic E-state index is 0.211. The van der Waals surface area contributed by atoms with Gasteiger partial charge in [0.25, 0.3) is 5.91 Å². The lowest BCUT2D eigenvalue weighted by atomic mass is 10.2. The maximum atomic E-state index is 11.6. The number of nitrogens with one attached hydrogen (secondary N) is 2. The molecule has 0 radical (unpaired) electrons. The van der Waals surface area contributed by atoms with Crippen molar-refractivity contribution in [3.8, 4) is 0 Å². The van der Waals surface area contributed by atoms with Crippen LogP contribution < -0.4 is 5.32 Å². The summed E-state index contributed by atoms with van der Waals surface area (Å²) in [5.74, 6) is 0.228. The first-order valence-corrected chi connectivity index (χ1v) is 4.69. The van der Waals surface area contributed by atoms with Gasteiger partial charge in [-0.15, -0.1) is 10.2 Å². The lowest BCUT2D eigenvalue weighted by molar-refractivity contribution is 0.0949. The molecule has 0 aliphatic rings. The number of pyridine rings is 1. The third-order valence-corrected chi connectivity index (χ3v) is 1.97. The van der Waals surface area contributed by atoms with Gasteiger partial charge in [0.1, 0.15) is 0 Å². The fraction of sp³-hybridized carbons (Fsp3) is 0.222. The summed E-state index contributed by atoms with van der Waals surface area (Å²) in [5.41, 5.74) is 1.38. The first kappa shape index (κ1) is 10.2. The van der Waals surface area contributed by atoms with Crippen LogP contribution in [-0.2, 0) is 6.54 Å². The normalized spacial score (nSPS) is 10.1. The van der Waals surface area contributed by atoms with Crippen LogP contribution in [0.5, 0.6) is 0 Å². The zero-order chi connectivity index (χ0) is 11.4. The van der Waals surface area contributed by atoms with Gasteiger partial charge >= 0.3 is 0 Å². The molecule has 7 nitrogen and oxygen atoms in total. The van der Waals surface area contributed by atoms with E-state index >= 15 is 0 Å². The Labute approximate surface area is 91.3 Å². The number of nitrogens with zero attached hydrogens (tertiary/aromatic N) is 4. The van der Waals surface area contributed by atoms with Crippen molar-refractivity contribution in [2.75, 3.05) is 0 Å². The zero-order valence-corrected chi connectivity index (χ0v) is 8.64. The van der Waals surface area contributed by atoms with Crippen molar-refractivity contribution in [3.63, 3.8) is 0 Å². The molecule has 0 atom stereocenters. The zero-order valence-electron chi connectivity index (χ0n) is 8.64. The second kappa shape index (κ2) is 4.47. The Morgan fingerprint density at radius 1 is 1.50 bits per heavy atom. The molecule has 16 heavy (non-hydrogen) atoms. The Kier molecular flexibility index (Phi) is 2.86. The molecule has 7 heteroatoms. The fourth-order valence-electron chi connectivity index (χ4n) is 1.12. The number of aromatic amines is 1. The van der Waals surface area contributed by atoms with Crippen molar-refractivity contribution >= 4 is 5.91 Å². The Bertz CT molecular complexity index is 463. The molecule has 2 aromatic rings. The van der Waals surface area contributed by atoms with Gasteiger partial charge in [0.2, 0.25) is 0 Å². The Balaban J connectivity index is 1.95. The summed E-state index contributed by atoms with van der Waals surface area (Å²) < 4.78 is 0. The van der Waals surface area contributed by atoms with E-state index in [2.05, 4.69) is 30.9 Å². The van der Waals surface area contributed by atoms with Crippen LogP contribution in [-0.4, -0.2) is 31.5 Å². The molecular weight excluding hydrogens is 208 g/mol. The maximum absolute atomic E-state index is 11.6. The summed E-state index contributed by atoms with van der Waals surface area (Å²) >= 11 is 0. The maximum Gasteiger partial charge on any atom is 0.253 e. The van der Waals surface area contributed by atoms with Gasteiger partial charge in [-0.1, -0.05) is 5.21 Å². The molecule has 0 aliphatic carbocycles. The molecule has 2 aromatic heterocycles. The van der Waals surface area contributed by atoms with Crippen molar-refractivity contribution in [2.45, 2.75) is 13.5 Å². The SMILES string of the molecule is Cc1ccc(C(=O)NCc2nn[nH]n2)cn1. The van der Waals surface area contributed by atoms with E-state index in [1.165, 1.54) is 6.20 Å². The number of carbonyl (C=O) groups excluding carboxylic acids is 1. The van der Waals surface area contributed by atoms with E-state index in [0.717, 1.165) is 5.69 Å². The van der Waals surface area contributed by atoms with E-state index in [9.17, 15) is 4.79 Å². The van der Waals surface area contributed by atoms with E-state index in [-0.39, 0.29) is 12.5 Å². The van der Waals surface area contributed by atoms with Gasteiger partial charge in [-0.25, -0.2) is 0 Å². The van der Waals surface area contributed by atoms with Crippen molar-refractivity contribution in [1.82, 2.24) is 30.9 Å². The van der Waals surface area contributed by atoms with Gasteiger partial charge < -0.3 is 5.32 Å². The highest BCUT2D eigenvalue weighted by Crippen LogP contribution is 1.99. The minimum atomic E-state index is -0.211. The molecule has 0 aliphatic heterocycles. The van der Waals surface area contributed by atoms with Crippen LogP contribution in [0.25, 0.3) is 0 Å². The molecule has 0 unspecified atom stereocenters. The predicted molar refractivity (Wildman–Crippen MR) is 54.3 cm³/mol. The summed E-state index contributed by atoms with van der Waals surface area (Å²) in [4.78, 5) is 15.6. The number of rotatable bonds is 3. The summed E-state index contributed by atoms with van der Waals surface area (Å²) in [6.45, 7) is 2.10. The fourth-order valence-corrected chi connectivity index (χ4v) is 1.12. The lowest BCUT2D eigenvalue weighted by Gasteiger charge is -2.01. The van der Waals surface area contributed by atoms with E-state index in [1.54, 1.807) is 12.1 Å². The molecule has 0 bridgehead atoms. The summed E-state index contributed by atoms with van der Waals surface area (Å²) in [6.07, 6.45) is 1.53. The van der Waals surface area contributed by atoms with Crippen molar-refractivity contribution in [3.05, 3.63) is 35.4 Å². The topological polar surface area (TPSA) is 96.5 Å². The van der Waals surface area contributed by atoms with Crippen LogP contribution in [0.1, 0.15) is 21.9 Å². The van der Waals surface area contributed by atoms with Crippen LogP contribution in [0.4, 0.5) is 0 Å². The van der Waals surface area contributed by atoms with Gasteiger partial charge in [-0.3, -0.25) is 9.78 Å². The third kappa shape index (κ3) is 2.38. The van der Waals surface area contributed by atoms with Crippen molar-refractivity contribution < 1.29 is 4.79 Å². The monoisotopic (exact) mass is 218 g/mol. The molecule has 0 spiro atoms. The van der Waals surface area contributed by atoms with E-state index in [0.29, 0.717) is 11.4 Å². The molecule has 0 saturated heterocycles. The van der Waals surface area contributed by atoms with Gasteiger partial charge in [0, 0.05) is 11.9 Å². The van der Waals surface area contributed by atoms with Crippen LogP contribution in [0.3, 0.4) is 0 Å². The highest BCUT2D eigenvalue weighted by Gasteiger charge is 2.06. The van der Waals surface area contributed by atoms with Crippen LogP contribution >= 0.6 is 0 Å². The largest absolute Gasteiger partial charge is 0.345 e. The molecule has 0 saturated carbocycles. The number of tetrazole rings is 1. The summed E-state index contributed by atoms with van der Waals surface area (Å²) in [5, 5.41) is 15.8. The number of hydrogen-bond acceptors (Lipinski definition) is 5. The van der Waals surface area contributed by atoms with Crippen molar-refractivity contribution in [2.24, 2.45) is 0 Å². The molecule has 1 amide bonds. The summed E-state index contributed by atoms with van der Waals surface area (Å²) in [7, 11) is 0. The van der Waals surface area contributed by atoms with Gasteiger partial charge in [-0.05, 0) is 19.1 Å². The van der Waals surface area contributed by atoms with Gasteiger partial charge in [0.05, 0.1) is 12.1 Å². The molecule has 2 rings (SSSR count). The lowest BCUT2D eigenvalue weighted by Crippen LogP contribution is -2.23. The minimum Gasteiger partial charge on any atom is -0.345 e. The quantitative estimate of drug-likeness (QED) is 0.745. The Morgan fingerprint density at radius 3 is 3.00 bits per heavy atom. The first-order valence-electron chi connectivity index (χ1n) is 4.69. The number of amides is 1. The molecular formula is C9H10N6O. The predicted octanol–water partition coefficient (Wildman–Crippen LogP) is -0.167. The van der Waals surface area contributed by atoms with Crippen molar-refractivity contribution in [1.29, 1.82) is 0 Å². The molecule has 2 heterocycles. The van der Waals surface area contributed by atoms with Crippen LogP contribution in [0, 0.1) is 6.92 Å². The molecule has 2 N–H and O–H groups in total. The van der Waals surface area contributed by atoms with E-state index < -0.39 is 0 Å². The summed E-state index contributed by atoms with van der Waals surface area (Å²) in [6, 6.07) is 3.50. The average molecular weight is 218 g/mol. The molecule has 0 aromatic carbocycles. The highest BCUT2D eigenvalue weighted by molar-refractivity contribution is 5.93. The Hall–Kier alpha value is -2.31. The van der Waals surface area contributed by atoms with Gasteiger partial charge in [-0.2, -0.15) is 5.21 Å². The van der Waals surface area contributed by atoms with Crippen LogP contribution in [0.15, 0.2) is 18.3 Å². The first-order chi connectivity index (χ1) is 7.75. The number of hydrogen-bond donors (Lipinski definition) is 2. The second-order valence-electron chi connectivity index (χ2n) is 3.20. The van der Waals surface area contributed by atoms with E-state index in [1.807, 2.05) is 6.92 Å². The van der Waals surface area contributed by atoms with Gasteiger partial charge in [0.15, 0.2) is 5.82 Å². The standard InChI is InChI=1S/C9H10N6O/c1-6-2-3-7(4-10-6)9(16)11-5-8-12-14-15-13-8/h2-4H,5H2,1H3,(H,11,16)(H,12,13,14,15). The molecule has 82 valence electrons. The average Bonchev–Trinajstić information content (AvgIpc) is 2.80. The Morgan fingerprint density at radius 2 is 2.38 bits per heavy atom. The van der Waals surface area contributed by atoms with E-state index in [4.69, 9.17) is 0 Å².